The van der Waals surface area contributed by atoms with E-state index >= 15 is 0 Å². The third kappa shape index (κ3) is 3.20. The minimum atomic E-state index is -0.500. The van der Waals surface area contributed by atoms with Crippen molar-refractivity contribution in [2.45, 2.75) is 31.2 Å². The Morgan fingerprint density at radius 3 is 2.62 bits per heavy atom. The summed E-state index contributed by atoms with van der Waals surface area (Å²) < 4.78 is 13.4. The maximum atomic E-state index is 13.4. The fraction of sp³-hybridized carbons (Fsp3) is 0.296. The lowest BCUT2D eigenvalue weighted by atomic mass is 9.68. The van der Waals surface area contributed by atoms with E-state index in [0.717, 1.165) is 11.6 Å². The van der Waals surface area contributed by atoms with Crippen LogP contribution in [-0.4, -0.2) is 5.91 Å². The van der Waals surface area contributed by atoms with Gasteiger partial charge in [-0.1, -0.05) is 41.9 Å². The third-order valence-corrected chi connectivity index (χ3v) is 7.98. The van der Waals surface area contributed by atoms with Crippen molar-refractivity contribution in [3.05, 3.63) is 94.3 Å². The number of rotatable bonds is 3. The van der Waals surface area contributed by atoms with Crippen LogP contribution in [0.2, 0.25) is 5.02 Å². The van der Waals surface area contributed by atoms with Gasteiger partial charge in [0.1, 0.15) is 5.82 Å². The third-order valence-electron chi connectivity index (χ3n) is 7.69. The number of hydrogen-bond donors (Lipinski definition) is 2. The second kappa shape index (κ2) is 7.63. The molecule has 2 saturated carbocycles. The molecule has 3 aromatic carbocycles. The summed E-state index contributed by atoms with van der Waals surface area (Å²) in [5.74, 6) is 1.74. The van der Waals surface area contributed by atoms with Crippen LogP contribution in [0.15, 0.2) is 66.7 Å². The Bertz CT molecular complexity index is 1200. The maximum absolute atomic E-state index is 13.4. The number of halogens is 2. The average Bonchev–Trinajstić information content (AvgIpc) is 3.44. The van der Waals surface area contributed by atoms with E-state index in [1.165, 1.54) is 48.6 Å². The number of fused-ring (bicyclic) bond motifs is 7. The van der Waals surface area contributed by atoms with Crippen LogP contribution in [0.1, 0.15) is 52.7 Å². The van der Waals surface area contributed by atoms with Crippen LogP contribution in [-0.2, 0) is 0 Å². The molecule has 32 heavy (non-hydrogen) atoms. The van der Waals surface area contributed by atoms with Gasteiger partial charge in [0, 0.05) is 16.9 Å². The predicted molar refractivity (Wildman–Crippen MR) is 126 cm³/mol. The summed E-state index contributed by atoms with van der Waals surface area (Å²) in [5.41, 5.74) is 4.84. The molecule has 2 aliphatic carbocycles. The van der Waals surface area contributed by atoms with Crippen molar-refractivity contribution in [1.29, 1.82) is 0 Å². The van der Waals surface area contributed by atoms with Gasteiger partial charge in [-0.3, -0.25) is 4.79 Å². The lowest BCUT2D eigenvalue weighted by Gasteiger charge is -2.43. The van der Waals surface area contributed by atoms with Gasteiger partial charge in [0.05, 0.1) is 11.1 Å². The molecular weight excluding hydrogens is 423 g/mol. The number of amides is 1. The summed E-state index contributed by atoms with van der Waals surface area (Å²) in [5, 5.41) is 6.65. The van der Waals surface area contributed by atoms with Crippen molar-refractivity contribution in [2.75, 3.05) is 10.6 Å². The largest absolute Gasteiger partial charge is 0.378 e. The first kappa shape index (κ1) is 19.8. The predicted octanol–water partition coefficient (Wildman–Crippen LogP) is 7.03. The molecule has 0 saturated heterocycles. The van der Waals surface area contributed by atoms with Gasteiger partial charge in [0.15, 0.2) is 0 Å². The fourth-order valence-electron chi connectivity index (χ4n) is 6.39. The Labute approximate surface area is 192 Å². The van der Waals surface area contributed by atoms with E-state index in [9.17, 15) is 9.18 Å². The zero-order valence-electron chi connectivity index (χ0n) is 17.5. The first-order valence-corrected chi connectivity index (χ1v) is 11.7. The minimum Gasteiger partial charge on any atom is -0.378 e. The second-order valence-electron chi connectivity index (χ2n) is 9.35. The number of carbonyl (C=O) groups is 1. The van der Waals surface area contributed by atoms with E-state index < -0.39 is 5.82 Å². The molecule has 5 heteroatoms. The van der Waals surface area contributed by atoms with E-state index in [1.807, 2.05) is 12.1 Å². The molecule has 0 aromatic heterocycles. The SMILES string of the molecule is O=C(Nc1ccc(F)c(Cl)c1)c1ccc2c(c1)[C@@H]1[C@H]3CC[C@@H](C3)[C@@H]1[C@@H](c1ccccc1)N2. The van der Waals surface area contributed by atoms with Gasteiger partial charge in [-0.25, -0.2) is 4.39 Å². The molecule has 1 aliphatic heterocycles. The van der Waals surface area contributed by atoms with Gasteiger partial charge >= 0.3 is 0 Å². The molecule has 2 fully saturated rings. The van der Waals surface area contributed by atoms with Crippen LogP contribution in [0.5, 0.6) is 0 Å². The van der Waals surface area contributed by atoms with Gasteiger partial charge in [0.25, 0.3) is 5.91 Å². The molecule has 0 spiro atoms. The summed E-state index contributed by atoms with van der Waals surface area (Å²) in [6.07, 6.45) is 3.86. The first-order chi connectivity index (χ1) is 15.6. The van der Waals surface area contributed by atoms with Crippen molar-refractivity contribution in [3.8, 4) is 0 Å². The highest BCUT2D eigenvalue weighted by Gasteiger charge is 2.53. The molecule has 1 amide bonds. The highest BCUT2D eigenvalue weighted by Crippen LogP contribution is 2.63. The van der Waals surface area contributed by atoms with Gasteiger partial charge in [-0.2, -0.15) is 0 Å². The average molecular weight is 447 g/mol. The van der Waals surface area contributed by atoms with Crippen molar-refractivity contribution < 1.29 is 9.18 Å². The summed E-state index contributed by atoms with van der Waals surface area (Å²) in [4.78, 5) is 13.0. The van der Waals surface area contributed by atoms with Gasteiger partial charge in [-0.05, 0) is 90.5 Å². The summed E-state index contributed by atoms with van der Waals surface area (Å²) in [7, 11) is 0. The minimum absolute atomic E-state index is 0.00535. The summed E-state index contributed by atoms with van der Waals surface area (Å²) >= 11 is 5.86. The smallest absolute Gasteiger partial charge is 0.255 e. The Morgan fingerprint density at radius 2 is 1.81 bits per heavy atom. The molecule has 0 unspecified atom stereocenters. The number of hydrogen-bond acceptors (Lipinski definition) is 2. The highest BCUT2D eigenvalue weighted by molar-refractivity contribution is 6.31. The first-order valence-electron chi connectivity index (χ1n) is 11.3. The van der Waals surface area contributed by atoms with Crippen molar-refractivity contribution in [3.63, 3.8) is 0 Å². The van der Waals surface area contributed by atoms with Crippen LogP contribution in [0.3, 0.4) is 0 Å². The number of anilines is 2. The lowest BCUT2D eigenvalue weighted by molar-refractivity contribution is 0.102. The van der Waals surface area contributed by atoms with Crippen LogP contribution in [0, 0.1) is 23.6 Å². The molecule has 3 aromatic rings. The Hall–Kier alpha value is -2.85. The van der Waals surface area contributed by atoms with Crippen LogP contribution >= 0.6 is 11.6 Å². The number of benzene rings is 3. The molecule has 2 bridgehead atoms. The second-order valence-corrected chi connectivity index (χ2v) is 9.76. The summed E-state index contributed by atoms with van der Waals surface area (Å²) in [6.45, 7) is 0. The zero-order chi connectivity index (χ0) is 21.8. The quantitative estimate of drug-likeness (QED) is 0.453. The van der Waals surface area contributed by atoms with Crippen LogP contribution < -0.4 is 10.6 Å². The fourth-order valence-corrected chi connectivity index (χ4v) is 6.58. The number of nitrogens with one attached hydrogen (secondary N) is 2. The zero-order valence-corrected chi connectivity index (χ0v) is 18.3. The molecule has 3 aliphatic rings. The molecule has 6 rings (SSSR count). The van der Waals surface area contributed by atoms with Gasteiger partial charge in [-0.15, -0.1) is 0 Å². The van der Waals surface area contributed by atoms with Crippen LogP contribution in [0.4, 0.5) is 15.8 Å². The van der Waals surface area contributed by atoms with E-state index in [-0.39, 0.29) is 10.9 Å². The van der Waals surface area contributed by atoms with E-state index in [2.05, 4.69) is 47.0 Å². The maximum Gasteiger partial charge on any atom is 0.255 e. The Balaban J connectivity index is 1.34. The van der Waals surface area contributed by atoms with Gasteiger partial charge < -0.3 is 10.6 Å². The standard InChI is InChI=1S/C27H24ClFN2O/c28-21-14-19(9-10-22(21)29)30-27(32)18-8-11-23-20(13-18)24-16-6-7-17(12-16)25(24)26(31-23)15-4-2-1-3-5-15/h1-5,8-11,13-14,16-17,24-26,31H,6-7,12H2,(H,30,32)/t16-,17-,24-,25-,26+/m0/s1. The molecule has 5 atom stereocenters. The van der Waals surface area contributed by atoms with Crippen molar-refractivity contribution in [1.82, 2.24) is 0 Å². The lowest BCUT2D eigenvalue weighted by Crippen LogP contribution is -2.35. The molecular formula is C27H24ClFN2O. The van der Waals surface area contributed by atoms with Crippen molar-refractivity contribution in [2.24, 2.45) is 17.8 Å². The topological polar surface area (TPSA) is 41.1 Å². The Kier molecular flexibility index (Phi) is 4.72. The number of carbonyl (C=O) groups excluding carboxylic acids is 1. The van der Waals surface area contributed by atoms with Crippen molar-refractivity contribution >= 4 is 28.9 Å². The molecule has 0 radical (unpaired) electrons. The normalized spacial score (nSPS) is 27.4. The van der Waals surface area contributed by atoms with E-state index in [1.54, 1.807) is 0 Å². The van der Waals surface area contributed by atoms with E-state index in [0.29, 0.717) is 35.0 Å². The monoisotopic (exact) mass is 446 g/mol. The van der Waals surface area contributed by atoms with E-state index in [4.69, 9.17) is 11.6 Å². The van der Waals surface area contributed by atoms with Gasteiger partial charge in [0.2, 0.25) is 0 Å². The summed E-state index contributed by atoms with van der Waals surface area (Å²) in [6, 6.07) is 21.2. The molecule has 3 nitrogen and oxygen atoms in total. The molecule has 162 valence electrons. The molecule has 1 heterocycles. The molecule has 2 N–H and O–H groups in total. The van der Waals surface area contributed by atoms with Crippen LogP contribution in [0.25, 0.3) is 0 Å². The highest BCUT2D eigenvalue weighted by atomic mass is 35.5. The Morgan fingerprint density at radius 1 is 1.00 bits per heavy atom.